The Morgan fingerprint density at radius 2 is 1.96 bits per heavy atom. The van der Waals surface area contributed by atoms with Gasteiger partial charge in [0.25, 0.3) is 5.91 Å². The van der Waals surface area contributed by atoms with E-state index in [1.807, 2.05) is 29.2 Å². The zero-order valence-electron chi connectivity index (χ0n) is 14.3. The van der Waals surface area contributed by atoms with Gasteiger partial charge in [0.05, 0.1) is 19.6 Å². The van der Waals surface area contributed by atoms with E-state index in [2.05, 4.69) is 10.6 Å². The number of benzene rings is 1. The minimum absolute atomic E-state index is 0.00969. The molecule has 0 bridgehead atoms. The van der Waals surface area contributed by atoms with Gasteiger partial charge in [0, 0.05) is 6.54 Å². The Hall–Kier alpha value is -2.57. The smallest absolute Gasteiger partial charge is 0.322 e. The Kier molecular flexibility index (Phi) is 5.21. The number of hydrogen-bond donors (Lipinski definition) is 2. The monoisotopic (exact) mass is 345 g/mol. The normalized spacial score (nSPS) is 23.6. The number of likely N-dealkylation sites (tertiary alicyclic amines) is 1. The molecule has 0 aromatic heterocycles. The highest BCUT2D eigenvalue weighted by atomic mass is 16.5. The van der Waals surface area contributed by atoms with Crippen molar-refractivity contribution < 1.29 is 19.1 Å². The van der Waals surface area contributed by atoms with Crippen LogP contribution in [0.2, 0.25) is 0 Å². The standard InChI is InChI=1S/C18H23N3O4/c1-25-13-8-6-12(7-9-13)15-5-3-2-4-10-21(15)16(22)11-14-17(23)20-18(24)19-14/h6-9,14-15H,2-5,10-11H2,1H3,(H2,19,20,23,24)/t14-,15-/m1/s1. The minimum atomic E-state index is -0.778. The lowest BCUT2D eigenvalue weighted by Crippen LogP contribution is -2.40. The van der Waals surface area contributed by atoms with Crippen LogP contribution in [0.5, 0.6) is 5.75 Å². The van der Waals surface area contributed by atoms with Crippen LogP contribution in [0.3, 0.4) is 0 Å². The Morgan fingerprint density at radius 3 is 2.60 bits per heavy atom. The van der Waals surface area contributed by atoms with E-state index in [9.17, 15) is 14.4 Å². The number of urea groups is 1. The van der Waals surface area contributed by atoms with E-state index in [4.69, 9.17) is 4.74 Å². The number of nitrogens with zero attached hydrogens (tertiary/aromatic N) is 1. The third-order valence-electron chi connectivity index (χ3n) is 4.81. The maximum Gasteiger partial charge on any atom is 0.322 e. The van der Waals surface area contributed by atoms with Crippen LogP contribution in [-0.4, -0.2) is 42.4 Å². The summed E-state index contributed by atoms with van der Waals surface area (Å²) in [6.07, 6.45) is 3.96. The summed E-state index contributed by atoms with van der Waals surface area (Å²) < 4.78 is 5.20. The van der Waals surface area contributed by atoms with Gasteiger partial charge in [-0.05, 0) is 30.5 Å². The molecule has 0 saturated carbocycles. The maximum atomic E-state index is 12.8. The fraction of sp³-hybridized carbons (Fsp3) is 0.500. The van der Waals surface area contributed by atoms with Crippen LogP contribution < -0.4 is 15.4 Å². The minimum Gasteiger partial charge on any atom is -0.497 e. The van der Waals surface area contributed by atoms with Crippen LogP contribution >= 0.6 is 0 Å². The van der Waals surface area contributed by atoms with Crippen molar-refractivity contribution >= 4 is 17.8 Å². The molecule has 1 aromatic rings. The van der Waals surface area contributed by atoms with Crippen LogP contribution in [-0.2, 0) is 9.59 Å². The van der Waals surface area contributed by atoms with Gasteiger partial charge in [-0.1, -0.05) is 25.0 Å². The first-order valence-electron chi connectivity index (χ1n) is 8.63. The number of carbonyl (C=O) groups excluding carboxylic acids is 3. The number of hydrogen-bond acceptors (Lipinski definition) is 4. The van der Waals surface area contributed by atoms with Crippen LogP contribution in [0.4, 0.5) is 4.79 Å². The second-order valence-electron chi connectivity index (χ2n) is 6.44. The van der Waals surface area contributed by atoms with E-state index >= 15 is 0 Å². The lowest BCUT2D eigenvalue weighted by atomic mass is 10.00. The van der Waals surface area contributed by atoms with Gasteiger partial charge in [-0.25, -0.2) is 4.79 Å². The summed E-state index contributed by atoms with van der Waals surface area (Å²) >= 11 is 0. The predicted molar refractivity (Wildman–Crippen MR) is 91.0 cm³/mol. The fourth-order valence-corrected chi connectivity index (χ4v) is 3.47. The van der Waals surface area contributed by atoms with E-state index in [1.165, 1.54) is 0 Å². The first kappa shape index (κ1) is 17.3. The van der Waals surface area contributed by atoms with Crippen molar-refractivity contribution in [2.24, 2.45) is 0 Å². The van der Waals surface area contributed by atoms with E-state index in [0.717, 1.165) is 37.0 Å². The zero-order chi connectivity index (χ0) is 17.8. The number of rotatable bonds is 4. The molecule has 0 radical (unpaired) electrons. The van der Waals surface area contributed by atoms with Crippen LogP contribution in [0.15, 0.2) is 24.3 Å². The first-order chi connectivity index (χ1) is 12.1. The molecule has 7 nitrogen and oxygen atoms in total. The van der Waals surface area contributed by atoms with E-state index in [1.54, 1.807) is 7.11 Å². The largest absolute Gasteiger partial charge is 0.497 e. The van der Waals surface area contributed by atoms with Crippen LogP contribution in [0, 0.1) is 0 Å². The molecule has 2 saturated heterocycles. The van der Waals surface area contributed by atoms with Gasteiger partial charge in [0.15, 0.2) is 0 Å². The number of carbonyl (C=O) groups is 3. The molecule has 2 N–H and O–H groups in total. The molecule has 4 amide bonds. The van der Waals surface area contributed by atoms with Gasteiger partial charge in [-0.3, -0.25) is 14.9 Å². The summed E-state index contributed by atoms with van der Waals surface area (Å²) in [4.78, 5) is 37.6. The number of amides is 4. The molecule has 0 spiro atoms. The molecular weight excluding hydrogens is 322 g/mol. The Labute approximate surface area is 146 Å². The van der Waals surface area contributed by atoms with Crippen molar-refractivity contribution in [2.75, 3.05) is 13.7 Å². The van der Waals surface area contributed by atoms with Crippen LogP contribution in [0.25, 0.3) is 0 Å². The second-order valence-corrected chi connectivity index (χ2v) is 6.44. The average molecular weight is 345 g/mol. The Balaban J connectivity index is 1.76. The third kappa shape index (κ3) is 3.92. The maximum absolute atomic E-state index is 12.8. The fourth-order valence-electron chi connectivity index (χ4n) is 3.47. The van der Waals surface area contributed by atoms with E-state index in [0.29, 0.717) is 6.54 Å². The van der Waals surface area contributed by atoms with Crippen LogP contribution in [0.1, 0.15) is 43.7 Å². The van der Waals surface area contributed by atoms with Gasteiger partial charge in [0.1, 0.15) is 11.8 Å². The summed E-state index contributed by atoms with van der Waals surface area (Å²) in [6.45, 7) is 0.664. The Bertz CT molecular complexity index is 659. The Morgan fingerprint density at radius 1 is 1.20 bits per heavy atom. The van der Waals surface area contributed by atoms with Crippen molar-refractivity contribution in [3.63, 3.8) is 0 Å². The second kappa shape index (κ2) is 7.55. The molecule has 3 rings (SSSR count). The molecule has 2 fully saturated rings. The average Bonchev–Trinajstić information content (AvgIpc) is 2.80. The molecule has 2 atom stereocenters. The summed E-state index contributed by atoms with van der Waals surface area (Å²) in [5.41, 5.74) is 1.07. The summed E-state index contributed by atoms with van der Waals surface area (Å²) in [5, 5.41) is 4.66. The van der Waals surface area contributed by atoms with Gasteiger partial charge in [-0.2, -0.15) is 0 Å². The lowest BCUT2D eigenvalue weighted by Gasteiger charge is -2.31. The predicted octanol–water partition coefficient (Wildman–Crippen LogP) is 1.74. The zero-order valence-corrected chi connectivity index (χ0v) is 14.3. The molecular formula is C18H23N3O4. The molecule has 7 heteroatoms. The number of methoxy groups -OCH3 is 1. The third-order valence-corrected chi connectivity index (χ3v) is 4.81. The lowest BCUT2D eigenvalue weighted by molar-refractivity contribution is -0.136. The molecule has 25 heavy (non-hydrogen) atoms. The SMILES string of the molecule is COc1ccc([C@H]2CCCCCN2C(=O)C[C@H]2NC(=O)NC2=O)cc1. The van der Waals surface area contributed by atoms with Gasteiger partial charge in [-0.15, -0.1) is 0 Å². The highest BCUT2D eigenvalue weighted by Gasteiger charge is 2.34. The molecule has 0 aliphatic carbocycles. The van der Waals surface area contributed by atoms with Crippen molar-refractivity contribution in [2.45, 2.75) is 44.2 Å². The molecule has 0 unspecified atom stereocenters. The quantitative estimate of drug-likeness (QED) is 0.814. The van der Waals surface area contributed by atoms with Crippen molar-refractivity contribution in [1.82, 2.24) is 15.5 Å². The van der Waals surface area contributed by atoms with E-state index < -0.39 is 18.0 Å². The highest BCUT2D eigenvalue weighted by Crippen LogP contribution is 2.31. The van der Waals surface area contributed by atoms with Crippen molar-refractivity contribution in [3.8, 4) is 5.75 Å². The van der Waals surface area contributed by atoms with E-state index in [-0.39, 0.29) is 18.4 Å². The summed E-state index contributed by atoms with van der Waals surface area (Å²) in [7, 11) is 1.62. The molecule has 2 aliphatic rings. The highest BCUT2D eigenvalue weighted by molar-refractivity contribution is 6.05. The van der Waals surface area contributed by atoms with Gasteiger partial charge < -0.3 is 15.0 Å². The van der Waals surface area contributed by atoms with Crippen molar-refractivity contribution in [1.29, 1.82) is 0 Å². The summed E-state index contributed by atoms with van der Waals surface area (Å²) in [5.74, 6) is 0.236. The topological polar surface area (TPSA) is 87.7 Å². The van der Waals surface area contributed by atoms with Gasteiger partial charge >= 0.3 is 6.03 Å². The van der Waals surface area contributed by atoms with Crippen molar-refractivity contribution in [3.05, 3.63) is 29.8 Å². The number of ether oxygens (including phenoxy) is 1. The number of nitrogens with one attached hydrogen (secondary N) is 2. The molecule has 1 aromatic carbocycles. The molecule has 2 aliphatic heterocycles. The number of imide groups is 1. The molecule has 2 heterocycles. The molecule has 134 valence electrons. The summed E-state index contributed by atoms with van der Waals surface area (Å²) in [6, 6.07) is 6.44. The van der Waals surface area contributed by atoms with Gasteiger partial charge in [0.2, 0.25) is 5.91 Å². The first-order valence-corrected chi connectivity index (χ1v) is 8.63.